The SMILES string of the molecule is COc1ccc([C@H]2[C@H]3COc4ccc(F)cc4C3=NN2C(C)=O)cc1. The van der Waals surface area contributed by atoms with E-state index in [1.807, 2.05) is 24.3 Å². The van der Waals surface area contributed by atoms with Crippen molar-refractivity contribution in [3.05, 3.63) is 59.4 Å². The molecule has 0 radical (unpaired) electrons. The molecule has 0 saturated carbocycles. The molecule has 0 bridgehead atoms. The molecule has 2 aliphatic heterocycles. The lowest BCUT2D eigenvalue weighted by atomic mass is 9.86. The zero-order chi connectivity index (χ0) is 17.6. The first-order valence-electron chi connectivity index (χ1n) is 8.03. The Hall–Kier alpha value is -2.89. The predicted octanol–water partition coefficient (Wildman–Crippen LogP) is 3.15. The van der Waals surface area contributed by atoms with Gasteiger partial charge in [0.25, 0.3) is 0 Å². The second-order valence-electron chi connectivity index (χ2n) is 6.12. The van der Waals surface area contributed by atoms with Gasteiger partial charge in [-0.05, 0) is 35.9 Å². The number of nitrogens with zero attached hydrogens (tertiary/aromatic N) is 2. The van der Waals surface area contributed by atoms with Gasteiger partial charge >= 0.3 is 0 Å². The van der Waals surface area contributed by atoms with Crippen molar-refractivity contribution in [2.75, 3.05) is 13.7 Å². The summed E-state index contributed by atoms with van der Waals surface area (Å²) in [5.41, 5.74) is 2.23. The fourth-order valence-corrected chi connectivity index (χ4v) is 3.44. The molecule has 1 amide bonds. The minimum atomic E-state index is -0.354. The number of fused-ring (bicyclic) bond motifs is 3. The van der Waals surface area contributed by atoms with Gasteiger partial charge in [0.05, 0.1) is 31.4 Å². The van der Waals surface area contributed by atoms with Crippen molar-refractivity contribution in [2.24, 2.45) is 11.0 Å². The molecule has 2 atom stereocenters. The van der Waals surface area contributed by atoms with Gasteiger partial charge in [0, 0.05) is 12.5 Å². The summed E-state index contributed by atoms with van der Waals surface area (Å²) in [5, 5.41) is 5.98. The van der Waals surface area contributed by atoms with Crippen molar-refractivity contribution in [3.8, 4) is 11.5 Å². The van der Waals surface area contributed by atoms with Crippen LogP contribution in [0.4, 0.5) is 4.39 Å². The third-order valence-corrected chi connectivity index (χ3v) is 4.63. The van der Waals surface area contributed by atoms with Gasteiger partial charge in [0.1, 0.15) is 17.3 Å². The minimum Gasteiger partial charge on any atom is -0.497 e. The van der Waals surface area contributed by atoms with Crippen LogP contribution >= 0.6 is 0 Å². The summed E-state index contributed by atoms with van der Waals surface area (Å²) in [6, 6.07) is 11.6. The standard InChI is InChI=1S/C19H17FN2O3/c1-11(23)22-19(12-3-6-14(24-2)7-4-12)16-10-25-17-8-5-13(20)9-15(17)18(16)21-22/h3-9,16,19H,10H2,1-2H3/t16-,19-/m0/s1. The zero-order valence-electron chi connectivity index (χ0n) is 13.9. The molecule has 0 saturated heterocycles. The van der Waals surface area contributed by atoms with Crippen molar-refractivity contribution in [1.82, 2.24) is 5.01 Å². The van der Waals surface area contributed by atoms with E-state index in [0.29, 0.717) is 23.6 Å². The number of methoxy groups -OCH3 is 1. The van der Waals surface area contributed by atoms with E-state index in [0.717, 1.165) is 11.3 Å². The minimum absolute atomic E-state index is 0.147. The van der Waals surface area contributed by atoms with Crippen LogP contribution in [0.25, 0.3) is 0 Å². The van der Waals surface area contributed by atoms with Crippen LogP contribution in [0, 0.1) is 11.7 Å². The van der Waals surface area contributed by atoms with Gasteiger partial charge in [0.15, 0.2) is 0 Å². The third kappa shape index (κ3) is 2.54. The predicted molar refractivity (Wildman–Crippen MR) is 90.2 cm³/mol. The highest BCUT2D eigenvalue weighted by Gasteiger charge is 2.44. The summed E-state index contributed by atoms with van der Waals surface area (Å²) in [7, 11) is 1.61. The maximum Gasteiger partial charge on any atom is 0.240 e. The molecule has 0 aliphatic carbocycles. The summed E-state index contributed by atoms with van der Waals surface area (Å²) >= 11 is 0. The highest BCUT2D eigenvalue weighted by atomic mass is 19.1. The van der Waals surface area contributed by atoms with Crippen LogP contribution in [-0.4, -0.2) is 30.3 Å². The van der Waals surface area contributed by atoms with Crippen LogP contribution in [0.5, 0.6) is 11.5 Å². The van der Waals surface area contributed by atoms with E-state index in [1.54, 1.807) is 13.2 Å². The maximum atomic E-state index is 13.7. The Bertz CT molecular complexity index is 863. The number of rotatable bonds is 2. The van der Waals surface area contributed by atoms with Crippen molar-refractivity contribution >= 4 is 11.6 Å². The first-order valence-corrected chi connectivity index (χ1v) is 8.03. The largest absolute Gasteiger partial charge is 0.497 e. The average molecular weight is 340 g/mol. The molecular formula is C19H17FN2O3. The van der Waals surface area contributed by atoms with Crippen molar-refractivity contribution in [1.29, 1.82) is 0 Å². The van der Waals surface area contributed by atoms with Crippen molar-refractivity contribution in [2.45, 2.75) is 13.0 Å². The molecule has 5 nitrogen and oxygen atoms in total. The first kappa shape index (κ1) is 15.6. The molecule has 0 fully saturated rings. The van der Waals surface area contributed by atoms with E-state index in [1.165, 1.54) is 24.1 Å². The number of carbonyl (C=O) groups is 1. The summed E-state index contributed by atoms with van der Waals surface area (Å²) in [5.74, 6) is 0.667. The summed E-state index contributed by atoms with van der Waals surface area (Å²) in [6.07, 6.45) is 0. The number of halogens is 1. The van der Waals surface area contributed by atoms with Gasteiger partial charge in [-0.1, -0.05) is 12.1 Å². The highest BCUT2D eigenvalue weighted by Crippen LogP contribution is 2.42. The van der Waals surface area contributed by atoms with E-state index in [2.05, 4.69) is 5.10 Å². The fraction of sp³-hybridized carbons (Fsp3) is 0.263. The number of benzene rings is 2. The van der Waals surface area contributed by atoms with Gasteiger partial charge in [-0.2, -0.15) is 5.10 Å². The molecule has 2 aromatic carbocycles. The molecule has 4 rings (SSSR count). The smallest absolute Gasteiger partial charge is 0.240 e. The fourth-order valence-electron chi connectivity index (χ4n) is 3.44. The van der Waals surface area contributed by atoms with Gasteiger partial charge < -0.3 is 9.47 Å². The highest BCUT2D eigenvalue weighted by molar-refractivity contribution is 6.07. The van der Waals surface area contributed by atoms with E-state index in [-0.39, 0.29) is 23.7 Å². The van der Waals surface area contributed by atoms with Crippen LogP contribution in [0.3, 0.4) is 0 Å². The number of hydrogen-bond donors (Lipinski definition) is 0. The quantitative estimate of drug-likeness (QED) is 0.844. The Morgan fingerprint density at radius 2 is 2.04 bits per heavy atom. The number of amides is 1. The van der Waals surface area contributed by atoms with Crippen molar-refractivity contribution < 1.29 is 18.7 Å². The van der Waals surface area contributed by atoms with Gasteiger partial charge in [-0.15, -0.1) is 0 Å². The lowest BCUT2D eigenvalue weighted by Crippen LogP contribution is -2.34. The average Bonchev–Trinajstić information content (AvgIpc) is 3.02. The lowest BCUT2D eigenvalue weighted by Gasteiger charge is -2.29. The van der Waals surface area contributed by atoms with Gasteiger partial charge in [0.2, 0.25) is 5.91 Å². The van der Waals surface area contributed by atoms with Crippen LogP contribution in [-0.2, 0) is 4.79 Å². The Morgan fingerprint density at radius 3 is 2.72 bits per heavy atom. The van der Waals surface area contributed by atoms with Crippen LogP contribution in [0.1, 0.15) is 24.1 Å². The van der Waals surface area contributed by atoms with Crippen molar-refractivity contribution in [3.63, 3.8) is 0 Å². The maximum absolute atomic E-state index is 13.7. The second-order valence-corrected chi connectivity index (χ2v) is 6.12. The van der Waals surface area contributed by atoms with Gasteiger partial charge in [-0.3, -0.25) is 4.79 Å². The Labute approximate surface area is 144 Å². The number of hydrogen-bond acceptors (Lipinski definition) is 4. The normalized spacial score (nSPS) is 21.1. The molecule has 6 heteroatoms. The van der Waals surface area contributed by atoms with Crippen LogP contribution in [0.15, 0.2) is 47.6 Å². The third-order valence-electron chi connectivity index (χ3n) is 4.63. The number of carbonyl (C=O) groups excluding carboxylic acids is 1. The molecule has 0 N–H and O–H groups in total. The summed E-state index contributed by atoms with van der Waals surface area (Å²) in [4.78, 5) is 12.2. The van der Waals surface area contributed by atoms with E-state index in [4.69, 9.17) is 9.47 Å². The summed E-state index contributed by atoms with van der Waals surface area (Å²) in [6.45, 7) is 1.86. The Morgan fingerprint density at radius 1 is 1.28 bits per heavy atom. The van der Waals surface area contributed by atoms with Crippen LogP contribution < -0.4 is 9.47 Å². The molecule has 128 valence electrons. The van der Waals surface area contributed by atoms with Crippen LogP contribution in [0.2, 0.25) is 0 Å². The molecule has 0 spiro atoms. The molecule has 2 heterocycles. The zero-order valence-corrected chi connectivity index (χ0v) is 13.9. The molecule has 2 aromatic rings. The van der Waals surface area contributed by atoms with E-state index in [9.17, 15) is 9.18 Å². The molecule has 0 aromatic heterocycles. The molecule has 2 aliphatic rings. The molecule has 0 unspecified atom stereocenters. The number of hydrazone groups is 1. The lowest BCUT2D eigenvalue weighted by molar-refractivity contribution is -0.131. The molecule has 25 heavy (non-hydrogen) atoms. The Kier molecular flexibility index (Phi) is 3.67. The summed E-state index contributed by atoms with van der Waals surface area (Å²) < 4.78 is 24.7. The monoisotopic (exact) mass is 340 g/mol. The first-order chi connectivity index (χ1) is 12.1. The van der Waals surface area contributed by atoms with E-state index >= 15 is 0 Å². The molecular weight excluding hydrogens is 323 g/mol. The van der Waals surface area contributed by atoms with E-state index < -0.39 is 0 Å². The second kappa shape index (κ2) is 5.88. The topological polar surface area (TPSA) is 51.1 Å². The number of ether oxygens (including phenoxy) is 2. The van der Waals surface area contributed by atoms with Gasteiger partial charge in [-0.25, -0.2) is 9.40 Å². The Balaban J connectivity index is 1.78.